The largest absolute Gasteiger partial charge is 0.321 e. The first kappa shape index (κ1) is 16.8. The molecule has 0 aliphatic heterocycles. The fourth-order valence-corrected chi connectivity index (χ4v) is 3.89. The van der Waals surface area contributed by atoms with Gasteiger partial charge >= 0.3 is 0 Å². The highest BCUT2D eigenvalue weighted by atomic mass is 35.5. The van der Waals surface area contributed by atoms with Gasteiger partial charge in [0.1, 0.15) is 5.01 Å². The lowest BCUT2D eigenvalue weighted by Gasteiger charge is -2.10. The Kier molecular flexibility index (Phi) is 4.45. The van der Waals surface area contributed by atoms with Crippen molar-refractivity contribution in [2.45, 2.75) is 6.92 Å². The smallest absolute Gasteiger partial charge is 0.255 e. The molecule has 3 aromatic carbocycles. The molecule has 0 saturated heterocycles. The Balaban J connectivity index is 1.68. The van der Waals surface area contributed by atoms with Gasteiger partial charge in [-0.05, 0) is 42.8 Å². The summed E-state index contributed by atoms with van der Waals surface area (Å²) in [6.45, 7) is 1.91. The highest BCUT2D eigenvalue weighted by Crippen LogP contribution is 2.34. The molecule has 4 aromatic rings. The SMILES string of the molecule is Cc1ccccc1C(=O)Nc1cc(-c2nc3ccccc3s2)ccc1Cl. The monoisotopic (exact) mass is 378 g/mol. The summed E-state index contributed by atoms with van der Waals surface area (Å²) >= 11 is 7.92. The fourth-order valence-electron chi connectivity index (χ4n) is 2.77. The van der Waals surface area contributed by atoms with E-state index in [0.29, 0.717) is 16.3 Å². The number of fused-ring (bicyclic) bond motifs is 1. The number of anilines is 1. The van der Waals surface area contributed by atoms with E-state index in [1.54, 1.807) is 23.5 Å². The number of rotatable bonds is 3. The Hall–Kier alpha value is -2.69. The van der Waals surface area contributed by atoms with E-state index in [4.69, 9.17) is 11.6 Å². The summed E-state index contributed by atoms with van der Waals surface area (Å²) in [5.41, 5.74) is 4.03. The van der Waals surface area contributed by atoms with Gasteiger partial charge in [0, 0.05) is 11.1 Å². The molecule has 26 heavy (non-hydrogen) atoms. The van der Waals surface area contributed by atoms with Crippen molar-refractivity contribution in [2.24, 2.45) is 0 Å². The van der Waals surface area contributed by atoms with Crippen LogP contribution in [0.5, 0.6) is 0 Å². The minimum absolute atomic E-state index is 0.175. The second-order valence-corrected chi connectivity index (χ2v) is 7.39. The van der Waals surface area contributed by atoms with Gasteiger partial charge in [-0.2, -0.15) is 0 Å². The first-order valence-electron chi connectivity index (χ1n) is 8.14. The number of nitrogens with zero attached hydrogens (tertiary/aromatic N) is 1. The molecule has 1 N–H and O–H groups in total. The maximum Gasteiger partial charge on any atom is 0.255 e. The zero-order valence-corrected chi connectivity index (χ0v) is 15.6. The van der Waals surface area contributed by atoms with Crippen LogP contribution in [0.2, 0.25) is 5.02 Å². The maximum absolute atomic E-state index is 12.6. The Morgan fingerprint density at radius 2 is 1.81 bits per heavy atom. The highest BCUT2D eigenvalue weighted by molar-refractivity contribution is 7.21. The van der Waals surface area contributed by atoms with Gasteiger partial charge in [0.05, 0.1) is 20.9 Å². The van der Waals surface area contributed by atoms with E-state index < -0.39 is 0 Å². The number of nitrogens with one attached hydrogen (secondary N) is 1. The first-order chi connectivity index (χ1) is 12.6. The Morgan fingerprint density at radius 3 is 2.62 bits per heavy atom. The van der Waals surface area contributed by atoms with E-state index in [0.717, 1.165) is 26.4 Å². The van der Waals surface area contributed by atoms with Crippen molar-refractivity contribution in [1.82, 2.24) is 4.98 Å². The van der Waals surface area contributed by atoms with Crippen LogP contribution in [-0.2, 0) is 0 Å². The standard InChI is InChI=1S/C21H15ClN2OS/c1-13-6-2-3-7-15(13)20(25)23-18-12-14(10-11-16(18)22)21-24-17-8-4-5-9-19(17)26-21/h2-12H,1H3,(H,23,25). The van der Waals surface area contributed by atoms with Crippen molar-refractivity contribution in [2.75, 3.05) is 5.32 Å². The number of halogens is 1. The summed E-state index contributed by atoms with van der Waals surface area (Å²) in [7, 11) is 0. The van der Waals surface area contributed by atoms with Gasteiger partial charge in [-0.1, -0.05) is 48.0 Å². The van der Waals surface area contributed by atoms with E-state index in [2.05, 4.69) is 10.3 Å². The van der Waals surface area contributed by atoms with E-state index in [1.165, 1.54) is 0 Å². The average molecular weight is 379 g/mol. The van der Waals surface area contributed by atoms with Crippen LogP contribution < -0.4 is 5.32 Å². The quantitative estimate of drug-likeness (QED) is 0.462. The molecule has 1 heterocycles. The lowest BCUT2D eigenvalue weighted by atomic mass is 10.1. The van der Waals surface area contributed by atoms with Crippen LogP contribution in [0.15, 0.2) is 66.7 Å². The van der Waals surface area contributed by atoms with Crippen LogP contribution in [0.25, 0.3) is 20.8 Å². The van der Waals surface area contributed by atoms with Crippen molar-refractivity contribution in [1.29, 1.82) is 0 Å². The summed E-state index contributed by atoms with van der Waals surface area (Å²) in [5, 5.41) is 4.31. The van der Waals surface area contributed by atoms with Gasteiger partial charge in [-0.25, -0.2) is 4.98 Å². The highest BCUT2D eigenvalue weighted by Gasteiger charge is 2.13. The van der Waals surface area contributed by atoms with Crippen molar-refractivity contribution in [3.05, 3.63) is 82.9 Å². The molecule has 5 heteroatoms. The number of amides is 1. The molecule has 4 rings (SSSR count). The number of hydrogen-bond donors (Lipinski definition) is 1. The zero-order valence-electron chi connectivity index (χ0n) is 14.0. The number of carbonyl (C=O) groups is 1. The molecule has 1 amide bonds. The molecule has 0 spiro atoms. The van der Waals surface area contributed by atoms with Crippen LogP contribution in [0.3, 0.4) is 0 Å². The summed E-state index contributed by atoms with van der Waals surface area (Å²) in [6, 6.07) is 21.1. The molecule has 0 saturated carbocycles. The molecular formula is C21H15ClN2OS. The average Bonchev–Trinajstić information content (AvgIpc) is 3.08. The van der Waals surface area contributed by atoms with Gasteiger partial charge in [0.15, 0.2) is 0 Å². The fraction of sp³-hybridized carbons (Fsp3) is 0.0476. The molecule has 0 atom stereocenters. The van der Waals surface area contributed by atoms with Crippen LogP contribution in [0, 0.1) is 6.92 Å². The number of thiazole rings is 1. The van der Waals surface area contributed by atoms with Crippen molar-refractivity contribution in [3.63, 3.8) is 0 Å². The lowest BCUT2D eigenvalue weighted by Crippen LogP contribution is -2.13. The van der Waals surface area contributed by atoms with Gasteiger partial charge in [-0.3, -0.25) is 4.79 Å². The van der Waals surface area contributed by atoms with Gasteiger partial charge in [0.25, 0.3) is 5.91 Å². The minimum atomic E-state index is -0.175. The summed E-state index contributed by atoms with van der Waals surface area (Å²) in [5.74, 6) is -0.175. The van der Waals surface area contributed by atoms with E-state index >= 15 is 0 Å². The molecule has 0 unspecified atom stereocenters. The van der Waals surface area contributed by atoms with Crippen molar-refractivity contribution >= 4 is 44.7 Å². The molecule has 0 fully saturated rings. The van der Waals surface area contributed by atoms with Crippen LogP contribution in [0.1, 0.15) is 15.9 Å². The van der Waals surface area contributed by atoms with E-state index in [1.807, 2.05) is 61.5 Å². The van der Waals surface area contributed by atoms with E-state index in [9.17, 15) is 4.79 Å². The van der Waals surface area contributed by atoms with Crippen molar-refractivity contribution in [3.8, 4) is 10.6 Å². The minimum Gasteiger partial charge on any atom is -0.321 e. The predicted molar refractivity (Wildman–Crippen MR) is 109 cm³/mol. The first-order valence-corrected chi connectivity index (χ1v) is 9.34. The van der Waals surface area contributed by atoms with E-state index in [-0.39, 0.29) is 5.91 Å². The second-order valence-electron chi connectivity index (χ2n) is 5.95. The summed E-state index contributed by atoms with van der Waals surface area (Å²) < 4.78 is 1.13. The normalized spacial score (nSPS) is 10.8. The number of benzene rings is 3. The molecular weight excluding hydrogens is 364 g/mol. The van der Waals surface area contributed by atoms with Crippen LogP contribution in [0.4, 0.5) is 5.69 Å². The van der Waals surface area contributed by atoms with Crippen molar-refractivity contribution < 1.29 is 4.79 Å². The molecule has 0 aliphatic carbocycles. The molecule has 1 aromatic heterocycles. The number of aromatic nitrogens is 1. The van der Waals surface area contributed by atoms with Gasteiger partial charge in [0.2, 0.25) is 0 Å². The zero-order chi connectivity index (χ0) is 18.1. The molecule has 3 nitrogen and oxygen atoms in total. The topological polar surface area (TPSA) is 42.0 Å². The third-order valence-corrected chi connectivity index (χ3v) is 5.56. The number of carbonyl (C=O) groups excluding carboxylic acids is 1. The summed E-state index contributed by atoms with van der Waals surface area (Å²) in [6.07, 6.45) is 0. The molecule has 0 bridgehead atoms. The molecule has 0 radical (unpaired) electrons. The Morgan fingerprint density at radius 1 is 1.04 bits per heavy atom. The Labute approximate surface area is 160 Å². The maximum atomic E-state index is 12.6. The predicted octanol–water partition coefficient (Wildman–Crippen LogP) is 6.18. The number of aryl methyl sites for hydroxylation is 1. The Bertz CT molecular complexity index is 1090. The van der Waals surface area contributed by atoms with Crippen LogP contribution in [-0.4, -0.2) is 10.9 Å². The molecule has 128 valence electrons. The third-order valence-electron chi connectivity index (χ3n) is 4.15. The number of para-hydroxylation sites is 1. The molecule has 0 aliphatic rings. The number of hydrogen-bond acceptors (Lipinski definition) is 3. The van der Waals surface area contributed by atoms with Crippen LogP contribution >= 0.6 is 22.9 Å². The third kappa shape index (κ3) is 3.21. The van der Waals surface area contributed by atoms with Gasteiger partial charge < -0.3 is 5.32 Å². The lowest BCUT2D eigenvalue weighted by molar-refractivity contribution is 0.102. The van der Waals surface area contributed by atoms with Gasteiger partial charge in [-0.15, -0.1) is 11.3 Å². The second kappa shape index (κ2) is 6.90. The summed E-state index contributed by atoms with van der Waals surface area (Å²) in [4.78, 5) is 17.3.